The van der Waals surface area contributed by atoms with Crippen LogP contribution in [0.25, 0.3) is 0 Å². The van der Waals surface area contributed by atoms with Crippen molar-refractivity contribution in [3.63, 3.8) is 0 Å². The minimum atomic E-state index is 0.352. The minimum absolute atomic E-state index is 0.352. The van der Waals surface area contributed by atoms with Crippen LogP contribution >= 0.6 is 11.3 Å². The van der Waals surface area contributed by atoms with Gasteiger partial charge in [0.1, 0.15) is 11.6 Å². The van der Waals surface area contributed by atoms with Gasteiger partial charge in [-0.3, -0.25) is 0 Å². The predicted molar refractivity (Wildman–Crippen MR) is 106 cm³/mol. The van der Waals surface area contributed by atoms with Crippen molar-refractivity contribution in [2.75, 3.05) is 23.3 Å². The zero-order valence-corrected chi connectivity index (χ0v) is 16.7. The van der Waals surface area contributed by atoms with Gasteiger partial charge in [-0.2, -0.15) is 0 Å². The maximum atomic E-state index is 4.84. The number of rotatable bonds is 5. The van der Waals surface area contributed by atoms with Crippen LogP contribution in [0.3, 0.4) is 0 Å². The number of aromatic nitrogens is 3. The topological polar surface area (TPSA) is 53.9 Å². The molecule has 0 radical (unpaired) electrons. The van der Waals surface area contributed by atoms with Gasteiger partial charge in [-0.15, -0.1) is 11.3 Å². The molecule has 2 aromatic rings. The second kappa shape index (κ2) is 7.68. The summed E-state index contributed by atoms with van der Waals surface area (Å²) in [5, 5.41) is 6.72. The van der Waals surface area contributed by atoms with Gasteiger partial charge in [0.15, 0.2) is 5.13 Å². The highest BCUT2D eigenvalue weighted by molar-refractivity contribution is 7.13. The maximum absolute atomic E-state index is 4.84. The molecule has 0 aromatic carbocycles. The van der Waals surface area contributed by atoms with Crippen LogP contribution in [0.5, 0.6) is 0 Å². The number of piperidine rings is 1. The molecule has 0 aliphatic carbocycles. The third-order valence-corrected chi connectivity index (χ3v) is 5.51. The summed E-state index contributed by atoms with van der Waals surface area (Å²) in [4.78, 5) is 16.5. The molecule has 0 unspecified atom stereocenters. The van der Waals surface area contributed by atoms with Crippen molar-refractivity contribution in [2.45, 2.75) is 65.3 Å². The lowest BCUT2D eigenvalue weighted by Crippen LogP contribution is -2.39. The summed E-state index contributed by atoms with van der Waals surface area (Å²) in [5.41, 5.74) is 2.24. The van der Waals surface area contributed by atoms with E-state index < -0.39 is 0 Å². The molecule has 1 aliphatic heterocycles. The standard InChI is InChI=1S/C19H29N5S/c1-12(2)16-10-17(23-18(22-16)13(3)4)24-8-6-15(7-9-24)21-19-20-14(5)11-25-19/h10-13,15H,6-9H2,1-5H3,(H,20,21). The van der Waals surface area contributed by atoms with E-state index >= 15 is 0 Å². The predicted octanol–water partition coefficient (Wildman–Crippen LogP) is 4.57. The van der Waals surface area contributed by atoms with E-state index in [2.05, 4.69) is 54.3 Å². The third-order valence-electron chi connectivity index (χ3n) is 4.62. The van der Waals surface area contributed by atoms with Gasteiger partial charge < -0.3 is 10.2 Å². The van der Waals surface area contributed by atoms with E-state index in [0.717, 1.165) is 54.1 Å². The van der Waals surface area contributed by atoms with Crippen LogP contribution < -0.4 is 10.2 Å². The molecular formula is C19H29N5S. The van der Waals surface area contributed by atoms with Gasteiger partial charge >= 0.3 is 0 Å². The summed E-state index contributed by atoms with van der Waals surface area (Å²) in [6, 6.07) is 2.67. The van der Waals surface area contributed by atoms with Crippen LogP contribution in [-0.4, -0.2) is 34.1 Å². The lowest BCUT2D eigenvalue weighted by molar-refractivity contribution is 0.521. The SMILES string of the molecule is Cc1csc(NC2CCN(c3cc(C(C)C)nc(C(C)C)n3)CC2)n1. The Morgan fingerprint density at radius 3 is 2.36 bits per heavy atom. The Morgan fingerprint density at radius 1 is 1.08 bits per heavy atom. The normalized spacial score (nSPS) is 16.0. The Labute approximate surface area is 154 Å². The molecule has 1 fully saturated rings. The summed E-state index contributed by atoms with van der Waals surface area (Å²) < 4.78 is 0. The Morgan fingerprint density at radius 2 is 1.80 bits per heavy atom. The summed E-state index contributed by atoms with van der Waals surface area (Å²) in [6.07, 6.45) is 2.22. The van der Waals surface area contributed by atoms with Gasteiger partial charge in [0.05, 0.1) is 5.69 Å². The molecule has 0 amide bonds. The van der Waals surface area contributed by atoms with Crippen LogP contribution in [0.1, 0.15) is 69.6 Å². The second-order valence-corrected chi connectivity index (χ2v) is 8.38. The Balaban J connectivity index is 1.67. The quantitative estimate of drug-likeness (QED) is 0.847. The average Bonchev–Trinajstić information content (AvgIpc) is 3.00. The number of hydrogen-bond donors (Lipinski definition) is 1. The Bertz CT molecular complexity index is 675. The molecule has 0 spiro atoms. The Kier molecular flexibility index (Phi) is 5.57. The first-order valence-corrected chi connectivity index (χ1v) is 10.1. The van der Waals surface area contributed by atoms with Crippen molar-refractivity contribution in [1.82, 2.24) is 15.0 Å². The van der Waals surface area contributed by atoms with Crippen LogP contribution in [0.15, 0.2) is 11.4 Å². The van der Waals surface area contributed by atoms with Crippen molar-refractivity contribution in [2.24, 2.45) is 0 Å². The molecule has 2 aromatic heterocycles. The first-order valence-electron chi connectivity index (χ1n) is 9.25. The molecule has 0 bridgehead atoms. The molecule has 3 heterocycles. The zero-order valence-electron chi connectivity index (χ0n) is 15.9. The van der Waals surface area contributed by atoms with Crippen molar-refractivity contribution in [1.29, 1.82) is 0 Å². The lowest BCUT2D eigenvalue weighted by atomic mass is 10.0. The van der Waals surface area contributed by atoms with E-state index in [4.69, 9.17) is 9.97 Å². The van der Waals surface area contributed by atoms with Gasteiger partial charge in [-0.05, 0) is 25.7 Å². The molecule has 1 N–H and O–H groups in total. The summed E-state index contributed by atoms with van der Waals surface area (Å²) in [6.45, 7) is 12.8. The smallest absolute Gasteiger partial charge is 0.183 e. The van der Waals surface area contributed by atoms with Gasteiger partial charge in [0, 0.05) is 42.2 Å². The minimum Gasteiger partial charge on any atom is -0.359 e. The highest BCUT2D eigenvalue weighted by atomic mass is 32.1. The number of anilines is 2. The van der Waals surface area contributed by atoms with Crippen molar-refractivity contribution in [3.05, 3.63) is 28.7 Å². The van der Waals surface area contributed by atoms with Gasteiger partial charge in [0.25, 0.3) is 0 Å². The van der Waals surface area contributed by atoms with Crippen LogP contribution in [0.4, 0.5) is 10.9 Å². The van der Waals surface area contributed by atoms with E-state index in [1.165, 1.54) is 0 Å². The van der Waals surface area contributed by atoms with E-state index in [0.29, 0.717) is 17.9 Å². The Hall–Kier alpha value is -1.69. The van der Waals surface area contributed by atoms with E-state index in [1.807, 2.05) is 6.92 Å². The molecular weight excluding hydrogens is 330 g/mol. The fourth-order valence-corrected chi connectivity index (χ4v) is 3.80. The number of hydrogen-bond acceptors (Lipinski definition) is 6. The molecule has 1 saturated heterocycles. The van der Waals surface area contributed by atoms with Crippen molar-refractivity contribution < 1.29 is 0 Å². The largest absolute Gasteiger partial charge is 0.359 e. The van der Waals surface area contributed by atoms with Crippen molar-refractivity contribution >= 4 is 22.3 Å². The maximum Gasteiger partial charge on any atom is 0.183 e. The molecule has 136 valence electrons. The molecule has 0 saturated carbocycles. The highest BCUT2D eigenvalue weighted by Gasteiger charge is 2.22. The zero-order chi connectivity index (χ0) is 18.0. The number of nitrogens with zero attached hydrogens (tertiary/aromatic N) is 4. The highest BCUT2D eigenvalue weighted by Crippen LogP contribution is 2.26. The third kappa shape index (κ3) is 4.48. The molecule has 0 atom stereocenters. The number of nitrogens with one attached hydrogen (secondary N) is 1. The van der Waals surface area contributed by atoms with E-state index in [-0.39, 0.29) is 0 Å². The molecule has 25 heavy (non-hydrogen) atoms. The van der Waals surface area contributed by atoms with Crippen molar-refractivity contribution in [3.8, 4) is 0 Å². The second-order valence-electron chi connectivity index (χ2n) is 7.52. The van der Waals surface area contributed by atoms with Gasteiger partial charge in [-0.1, -0.05) is 27.7 Å². The van der Waals surface area contributed by atoms with Gasteiger partial charge in [0.2, 0.25) is 0 Å². The summed E-state index contributed by atoms with van der Waals surface area (Å²) >= 11 is 1.69. The van der Waals surface area contributed by atoms with E-state index in [9.17, 15) is 0 Å². The molecule has 5 nitrogen and oxygen atoms in total. The number of thiazole rings is 1. The summed E-state index contributed by atoms with van der Waals surface area (Å²) in [5.74, 6) is 2.82. The fourth-order valence-electron chi connectivity index (χ4n) is 3.04. The van der Waals surface area contributed by atoms with Gasteiger partial charge in [-0.25, -0.2) is 15.0 Å². The van der Waals surface area contributed by atoms with Crippen LogP contribution in [0.2, 0.25) is 0 Å². The molecule has 1 aliphatic rings. The first kappa shape index (κ1) is 18.1. The van der Waals surface area contributed by atoms with Crippen LogP contribution in [0, 0.1) is 6.92 Å². The average molecular weight is 360 g/mol. The van der Waals surface area contributed by atoms with Crippen LogP contribution in [-0.2, 0) is 0 Å². The summed E-state index contributed by atoms with van der Waals surface area (Å²) in [7, 11) is 0. The molecule has 3 rings (SSSR count). The fraction of sp³-hybridized carbons (Fsp3) is 0.632. The molecule has 6 heteroatoms. The lowest BCUT2D eigenvalue weighted by Gasteiger charge is -2.33. The first-order chi connectivity index (χ1) is 11.9. The van der Waals surface area contributed by atoms with E-state index in [1.54, 1.807) is 11.3 Å². The number of aryl methyl sites for hydroxylation is 1. The monoisotopic (exact) mass is 359 g/mol.